The van der Waals surface area contributed by atoms with Crippen LogP contribution < -0.4 is 20.3 Å². The van der Waals surface area contributed by atoms with E-state index in [2.05, 4.69) is 162 Å². The lowest BCUT2D eigenvalue weighted by Gasteiger charge is -2.33. The van der Waals surface area contributed by atoms with Gasteiger partial charge in [-0.05, 0) is 82.9 Å². The summed E-state index contributed by atoms with van der Waals surface area (Å²) < 4.78 is 29.3. The Labute approximate surface area is 343 Å². The zero-order valence-corrected chi connectivity index (χ0v) is 32.0. The van der Waals surface area contributed by atoms with Crippen LogP contribution in [-0.2, 0) is 0 Å². The molecule has 0 amide bonds. The second kappa shape index (κ2) is 11.8. The first kappa shape index (κ1) is 32.1. The molecule has 0 aliphatic carbocycles. The highest BCUT2D eigenvalue weighted by Crippen LogP contribution is 2.46. The Hall–Kier alpha value is -7.96. The molecule has 12 aromatic rings. The van der Waals surface area contributed by atoms with Crippen molar-refractivity contribution in [2.45, 2.75) is 0 Å². The van der Waals surface area contributed by atoms with Gasteiger partial charge >= 0.3 is 6.92 Å². The van der Waals surface area contributed by atoms with Gasteiger partial charge in [-0.15, -0.1) is 0 Å². The maximum Gasteiger partial charge on any atom is 0.434 e. The van der Waals surface area contributed by atoms with E-state index in [1.807, 2.05) is 24.3 Å². The van der Waals surface area contributed by atoms with Crippen LogP contribution in [-0.4, -0.2) is 11.5 Å². The number of para-hydroxylation sites is 5. The zero-order valence-electron chi connectivity index (χ0n) is 32.0. The molecule has 2 aliphatic heterocycles. The van der Waals surface area contributed by atoms with Gasteiger partial charge in [0.25, 0.3) is 0 Å². The van der Waals surface area contributed by atoms with Crippen LogP contribution in [0.1, 0.15) is 0 Å². The normalized spacial score (nSPS) is 12.9. The predicted octanol–water partition coefficient (Wildman–Crippen LogP) is 13.2. The Morgan fingerprint density at radius 2 is 1.03 bits per heavy atom. The second-order valence-electron chi connectivity index (χ2n) is 15.9. The molecule has 0 radical (unpaired) electrons. The Kier molecular flexibility index (Phi) is 6.31. The van der Waals surface area contributed by atoms with E-state index in [0.717, 1.165) is 122 Å². The smallest absolute Gasteiger partial charge is 0.434 e. The summed E-state index contributed by atoms with van der Waals surface area (Å²) in [5.74, 6) is 2.37. The summed E-state index contributed by atoms with van der Waals surface area (Å²) in [5.41, 5.74) is 15.1. The molecule has 9 aromatic carbocycles. The lowest BCUT2D eigenvalue weighted by molar-refractivity contribution is 0.479. The largest absolute Gasteiger partial charge is 0.551 e. The third kappa shape index (κ3) is 4.42. The third-order valence-corrected chi connectivity index (χ3v) is 12.7. The molecule has 14 rings (SSSR count). The first-order chi connectivity index (χ1) is 29.7. The van der Waals surface area contributed by atoms with Gasteiger partial charge in [0.05, 0.1) is 11.0 Å². The fraction of sp³-hybridized carbons (Fsp3) is 0. The number of nitrogens with zero attached hydrogens (tertiary/aromatic N) is 1. The molecule has 0 saturated carbocycles. The average Bonchev–Trinajstić information content (AvgIpc) is 3.98. The van der Waals surface area contributed by atoms with Crippen molar-refractivity contribution < 1.29 is 18.2 Å². The molecule has 2 aliphatic rings. The Bertz CT molecular complexity index is 3760. The first-order valence-corrected chi connectivity index (χ1v) is 20.3. The van der Waals surface area contributed by atoms with Crippen LogP contribution in [0.5, 0.6) is 17.2 Å². The van der Waals surface area contributed by atoms with Crippen molar-refractivity contribution in [2.75, 3.05) is 0 Å². The van der Waals surface area contributed by atoms with Crippen LogP contribution in [0.15, 0.2) is 191 Å². The number of furan rings is 2. The molecule has 0 spiro atoms. The summed E-state index contributed by atoms with van der Waals surface area (Å²) >= 11 is 0. The molecule has 5 nitrogen and oxygen atoms in total. The van der Waals surface area contributed by atoms with Gasteiger partial charge in [-0.1, -0.05) is 115 Å². The van der Waals surface area contributed by atoms with Crippen molar-refractivity contribution in [1.82, 2.24) is 4.57 Å². The zero-order chi connectivity index (χ0) is 39.1. The Balaban J connectivity index is 0.975. The average molecular weight is 768 g/mol. The molecular formula is C54H30BNO4. The van der Waals surface area contributed by atoms with E-state index in [1.165, 1.54) is 10.8 Å². The van der Waals surface area contributed by atoms with Gasteiger partial charge in [-0.25, -0.2) is 0 Å². The minimum atomic E-state index is -0.384. The van der Waals surface area contributed by atoms with Gasteiger partial charge in [-0.2, -0.15) is 0 Å². The summed E-state index contributed by atoms with van der Waals surface area (Å²) in [6.45, 7) is -0.384. The number of hydrogen-bond donors (Lipinski definition) is 0. The number of benzene rings is 9. The minimum absolute atomic E-state index is 0.384. The highest BCUT2D eigenvalue weighted by Gasteiger charge is 2.41. The van der Waals surface area contributed by atoms with Crippen molar-refractivity contribution in [3.8, 4) is 56.3 Å². The Morgan fingerprint density at radius 3 is 1.85 bits per heavy atom. The maximum absolute atomic E-state index is 7.17. The van der Waals surface area contributed by atoms with Gasteiger partial charge in [0.2, 0.25) is 0 Å². The maximum atomic E-state index is 7.17. The summed E-state index contributed by atoms with van der Waals surface area (Å²) in [4.78, 5) is 0. The summed E-state index contributed by atoms with van der Waals surface area (Å²) in [5, 5.41) is 6.83. The quantitative estimate of drug-likeness (QED) is 0.168. The highest BCUT2D eigenvalue weighted by atomic mass is 16.5. The topological polar surface area (TPSA) is 49.7 Å². The molecular weight excluding hydrogens is 737 g/mol. The number of hydrogen-bond acceptors (Lipinski definition) is 4. The van der Waals surface area contributed by atoms with E-state index in [4.69, 9.17) is 18.2 Å². The van der Waals surface area contributed by atoms with Gasteiger partial charge in [0.15, 0.2) is 0 Å². The van der Waals surface area contributed by atoms with Gasteiger partial charge in [0, 0.05) is 66.1 Å². The van der Waals surface area contributed by atoms with Crippen LogP contribution in [0.2, 0.25) is 0 Å². The van der Waals surface area contributed by atoms with E-state index in [9.17, 15) is 0 Å². The predicted molar refractivity (Wildman–Crippen MR) is 244 cm³/mol. The molecule has 3 aromatic heterocycles. The molecule has 0 N–H and O–H groups in total. The molecule has 278 valence electrons. The molecule has 6 heteroatoms. The first-order valence-electron chi connectivity index (χ1n) is 20.3. The lowest BCUT2D eigenvalue weighted by atomic mass is 9.50. The van der Waals surface area contributed by atoms with Crippen LogP contribution in [0, 0.1) is 0 Å². The van der Waals surface area contributed by atoms with Crippen molar-refractivity contribution in [3.63, 3.8) is 0 Å². The van der Waals surface area contributed by atoms with E-state index in [-0.39, 0.29) is 6.92 Å². The van der Waals surface area contributed by atoms with Gasteiger partial charge in [-0.3, -0.25) is 0 Å². The molecule has 0 fully saturated rings. The molecule has 0 saturated heterocycles. The molecule has 0 unspecified atom stereocenters. The van der Waals surface area contributed by atoms with E-state index in [1.54, 1.807) is 0 Å². The van der Waals surface area contributed by atoms with Crippen molar-refractivity contribution in [3.05, 3.63) is 182 Å². The number of aromatic nitrogens is 1. The van der Waals surface area contributed by atoms with E-state index >= 15 is 0 Å². The fourth-order valence-electron chi connectivity index (χ4n) is 9.95. The fourth-order valence-corrected chi connectivity index (χ4v) is 9.95. The lowest BCUT2D eigenvalue weighted by Crippen LogP contribution is -2.53. The minimum Gasteiger partial charge on any atom is -0.551 e. The van der Waals surface area contributed by atoms with Crippen LogP contribution in [0.4, 0.5) is 0 Å². The standard InChI is InChI=1S/C54H30BNO4/c1-5-16-45-36(10-1)37-11-2-6-17-46(37)56(45)34-22-24-44-51(30-34)58-52-29-33(35-14-9-15-41-38-12-3-8-19-48(38)59-54(35)41)27-43-40-23-20-32(28-50(40)60-55(44)53(43)52)31-21-25-49-42(26-31)39-13-4-7-18-47(39)57-49/h1-30H. The van der Waals surface area contributed by atoms with E-state index < -0.39 is 0 Å². The SMILES string of the molecule is c1ccc2c(c1)oc1ccc(-c3ccc4c(c3)OB3c5ccc(-n6c7ccccc7c7ccccc76)cc5Oc5cc(-c6cccc7c6oc6ccccc67)cc-4c53)cc12. The summed E-state index contributed by atoms with van der Waals surface area (Å²) in [7, 11) is 0. The summed E-state index contributed by atoms with van der Waals surface area (Å²) in [6, 6.07) is 64.1. The van der Waals surface area contributed by atoms with Crippen LogP contribution in [0.25, 0.3) is 105 Å². The third-order valence-electron chi connectivity index (χ3n) is 12.7. The van der Waals surface area contributed by atoms with Crippen LogP contribution in [0.3, 0.4) is 0 Å². The van der Waals surface area contributed by atoms with Crippen molar-refractivity contribution >= 4 is 83.5 Å². The van der Waals surface area contributed by atoms with Crippen LogP contribution >= 0.6 is 0 Å². The van der Waals surface area contributed by atoms with Crippen molar-refractivity contribution in [2.24, 2.45) is 0 Å². The number of rotatable bonds is 3. The molecule has 0 bridgehead atoms. The molecule has 0 atom stereocenters. The molecule has 5 heterocycles. The van der Waals surface area contributed by atoms with E-state index in [0.29, 0.717) is 0 Å². The Morgan fingerprint density at radius 1 is 0.383 bits per heavy atom. The number of fused-ring (bicyclic) bond motifs is 13. The summed E-state index contributed by atoms with van der Waals surface area (Å²) in [6.07, 6.45) is 0. The van der Waals surface area contributed by atoms with Gasteiger partial charge in [0.1, 0.15) is 39.6 Å². The second-order valence-corrected chi connectivity index (χ2v) is 15.9. The monoisotopic (exact) mass is 767 g/mol. The number of ether oxygens (including phenoxy) is 1. The molecule has 60 heavy (non-hydrogen) atoms. The van der Waals surface area contributed by atoms with Gasteiger partial charge < -0.3 is 22.8 Å². The highest BCUT2D eigenvalue weighted by molar-refractivity contribution is 6.84. The van der Waals surface area contributed by atoms with Crippen molar-refractivity contribution in [1.29, 1.82) is 0 Å².